The minimum absolute atomic E-state index is 0.0113. The molecular weight excluding hydrogens is 473 g/mol. The zero-order valence-electron chi connectivity index (χ0n) is 18.5. The molecule has 0 fully saturated rings. The lowest BCUT2D eigenvalue weighted by atomic mass is 10.1. The Morgan fingerprint density at radius 1 is 1.09 bits per heavy atom. The molecule has 0 unspecified atom stereocenters. The number of hydrogen-bond donors (Lipinski definition) is 1. The Bertz CT molecular complexity index is 1240. The molecule has 34 heavy (non-hydrogen) atoms. The Labute approximate surface area is 198 Å². The van der Waals surface area contributed by atoms with Crippen molar-refractivity contribution in [2.45, 2.75) is 33.4 Å². The molecule has 1 heterocycles. The first kappa shape index (κ1) is 25.2. The lowest BCUT2D eigenvalue weighted by Gasteiger charge is -2.16. The van der Waals surface area contributed by atoms with E-state index < -0.39 is 34.8 Å². The van der Waals surface area contributed by atoms with E-state index in [1.54, 1.807) is 0 Å². The summed E-state index contributed by atoms with van der Waals surface area (Å²) in [6.07, 6.45) is 0.0234. The van der Waals surface area contributed by atoms with E-state index in [1.807, 2.05) is 6.92 Å². The van der Waals surface area contributed by atoms with Crippen LogP contribution in [0.3, 0.4) is 0 Å². The maximum Gasteiger partial charge on any atom is 0.407 e. The van der Waals surface area contributed by atoms with Crippen LogP contribution in [0.2, 0.25) is 5.02 Å². The van der Waals surface area contributed by atoms with Gasteiger partial charge in [-0.3, -0.25) is 9.36 Å². The van der Waals surface area contributed by atoms with E-state index in [1.165, 1.54) is 37.3 Å². The lowest BCUT2D eigenvalue weighted by molar-refractivity contribution is 0.145. The molecule has 1 N–H and O–H groups in total. The molecular formula is C24H22ClF3N2O4. The van der Waals surface area contributed by atoms with Crippen molar-refractivity contribution in [2.24, 2.45) is 0 Å². The van der Waals surface area contributed by atoms with Crippen LogP contribution in [0, 0.1) is 24.4 Å². The number of amides is 1. The number of pyridine rings is 1. The highest BCUT2D eigenvalue weighted by molar-refractivity contribution is 6.31. The summed E-state index contributed by atoms with van der Waals surface area (Å²) in [6.45, 7) is 3.46. The Morgan fingerprint density at radius 2 is 1.79 bits per heavy atom. The van der Waals surface area contributed by atoms with Crippen molar-refractivity contribution in [2.75, 3.05) is 6.61 Å². The van der Waals surface area contributed by atoms with E-state index in [0.717, 1.165) is 16.7 Å². The van der Waals surface area contributed by atoms with Gasteiger partial charge in [0.25, 0.3) is 5.56 Å². The highest BCUT2D eigenvalue weighted by Crippen LogP contribution is 2.27. The number of nitrogens with zero attached hydrogens (tertiary/aromatic N) is 1. The third-order valence-corrected chi connectivity index (χ3v) is 5.22. The number of para-hydroxylation sites is 1. The first-order valence-electron chi connectivity index (χ1n) is 10.4. The van der Waals surface area contributed by atoms with E-state index in [9.17, 15) is 22.8 Å². The second-order valence-corrected chi connectivity index (χ2v) is 7.74. The molecule has 0 aliphatic carbocycles. The quantitative estimate of drug-likeness (QED) is 0.453. The third-order valence-electron chi connectivity index (χ3n) is 4.87. The molecule has 3 rings (SSSR count). The molecule has 0 radical (unpaired) electrons. The smallest absolute Gasteiger partial charge is 0.407 e. The van der Waals surface area contributed by atoms with Gasteiger partial charge in [0.1, 0.15) is 40.5 Å². The minimum Gasteiger partial charge on any atom is -0.487 e. The molecule has 1 amide bonds. The van der Waals surface area contributed by atoms with Gasteiger partial charge in [0, 0.05) is 18.3 Å². The largest absolute Gasteiger partial charge is 0.487 e. The van der Waals surface area contributed by atoms with E-state index in [4.69, 9.17) is 21.1 Å². The van der Waals surface area contributed by atoms with E-state index in [-0.39, 0.29) is 36.2 Å². The number of benzene rings is 2. The molecule has 0 saturated heterocycles. The van der Waals surface area contributed by atoms with Crippen molar-refractivity contribution in [1.82, 2.24) is 9.88 Å². The van der Waals surface area contributed by atoms with Crippen LogP contribution < -0.4 is 15.6 Å². The van der Waals surface area contributed by atoms with Crippen molar-refractivity contribution in [3.63, 3.8) is 0 Å². The van der Waals surface area contributed by atoms with Gasteiger partial charge in [-0.2, -0.15) is 0 Å². The molecule has 0 saturated carbocycles. The Kier molecular flexibility index (Phi) is 8.22. The second-order valence-electron chi connectivity index (χ2n) is 7.37. The van der Waals surface area contributed by atoms with Gasteiger partial charge in [-0.05, 0) is 48.7 Å². The summed E-state index contributed by atoms with van der Waals surface area (Å²) in [5, 5.41) is 2.15. The summed E-state index contributed by atoms with van der Waals surface area (Å²) in [5.41, 5.74) is -0.257. The van der Waals surface area contributed by atoms with Crippen molar-refractivity contribution < 1.29 is 27.4 Å². The van der Waals surface area contributed by atoms with Crippen molar-refractivity contribution in [1.29, 1.82) is 0 Å². The molecule has 0 aliphatic rings. The molecule has 10 heteroatoms. The number of alkyl carbamates (subject to hydrolysis) is 1. The Morgan fingerprint density at radius 3 is 2.47 bits per heavy atom. The van der Waals surface area contributed by atoms with Crippen molar-refractivity contribution >= 4 is 17.7 Å². The van der Waals surface area contributed by atoms with Crippen LogP contribution in [0.25, 0.3) is 5.69 Å². The summed E-state index contributed by atoms with van der Waals surface area (Å²) < 4.78 is 53.7. The van der Waals surface area contributed by atoms with E-state index in [0.29, 0.717) is 17.5 Å². The maximum atomic E-state index is 14.2. The van der Waals surface area contributed by atoms with Crippen LogP contribution in [0.5, 0.6) is 5.75 Å². The van der Waals surface area contributed by atoms with Gasteiger partial charge in [0.2, 0.25) is 0 Å². The van der Waals surface area contributed by atoms with Gasteiger partial charge in [0.15, 0.2) is 0 Å². The topological polar surface area (TPSA) is 69.6 Å². The number of halogens is 4. The predicted molar refractivity (Wildman–Crippen MR) is 121 cm³/mol. The monoisotopic (exact) mass is 494 g/mol. The molecule has 3 aromatic rings. The number of ether oxygens (including phenoxy) is 2. The summed E-state index contributed by atoms with van der Waals surface area (Å²) in [5.74, 6) is -2.36. The summed E-state index contributed by atoms with van der Waals surface area (Å²) >= 11 is 6.17. The zero-order chi connectivity index (χ0) is 24.8. The van der Waals surface area contributed by atoms with Crippen LogP contribution >= 0.6 is 11.6 Å². The van der Waals surface area contributed by atoms with Gasteiger partial charge in [-0.25, -0.2) is 18.0 Å². The summed E-state index contributed by atoms with van der Waals surface area (Å²) in [6, 6.07) is 8.56. The van der Waals surface area contributed by atoms with Gasteiger partial charge >= 0.3 is 6.09 Å². The Balaban J connectivity index is 1.84. The highest BCUT2D eigenvalue weighted by atomic mass is 35.5. The van der Waals surface area contributed by atoms with Crippen LogP contribution in [-0.4, -0.2) is 17.3 Å². The molecule has 6 nitrogen and oxygen atoms in total. The molecule has 1 aromatic heterocycles. The lowest BCUT2D eigenvalue weighted by Crippen LogP contribution is -2.25. The molecule has 180 valence electrons. The van der Waals surface area contributed by atoms with E-state index >= 15 is 0 Å². The fourth-order valence-corrected chi connectivity index (χ4v) is 3.43. The highest BCUT2D eigenvalue weighted by Gasteiger charge is 2.19. The van der Waals surface area contributed by atoms with Crippen LogP contribution in [0.15, 0.2) is 47.3 Å². The van der Waals surface area contributed by atoms with Gasteiger partial charge in [0.05, 0.1) is 6.61 Å². The average Bonchev–Trinajstić information content (AvgIpc) is 2.80. The molecule has 0 aliphatic heterocycles. The number of carbonyl (C=O) groups is 1. The van der Waals surface area contributed by atoms with Crippen LogP contribution in [0.4, 0.5) is 18.0 Å². The molecule has 0 bridgehead atoms. The number of carbonyl (C=O) groups excluding carboxylic acids is 1. The zero-order valence-corrected chi connectivity index (χ0v) is 19.2. The fourth-order valence-electron chi connectivity index (χ4n) is 3.24. The number of aryl methyl sites for hydroxylation is 1. The SMILES string of the molecule is CCCOC(=O)NCc1cc(F)ccc1COc1cc(C)n(-c2c(F)cccc2F)c(=O)c1Cl. The van der Waals surface area contributed by atoms with Crippen LogP contribution in [-0.2, 0) is 17.9 Å². The minimum atomic E-state index is -0.921. The number of rotatable bonds is 8. The summed E-state index contributed by atoms with van der Waals surface area (Å²) in [7, 11) is 0. The van der Waals surface area contributed by atoms with Gasteiger partial charge in [-0.15, -0.1) is 0 Å². The van der Waals surface area contributed by atoms with Crippen molar-refractivity contribution in [3.05, 3.63) is 92.1 Å². The van der Waals surface area contributed by atoms with Gasteiger partial charge in [-0.1, -0.05) is 30.7 Å². The summed E-state index contributed by atoms with van der Waals surface area (Å²) in [4.78, 5) is 24.5. The van der Waals surface area contributed by atoms with E-state index in [2.05, 4.69) is 5.32 Å². The first-order chi connectivity index (χ1) is 16.2. The first-order valence-corrected chi connectivity index (χ1v) is 10.8. The third kappa shape index (κ3) is 5.72. The molecule has 2 aromatic carbocycles. The predicted octanol–water partition coefficient (Wildman–Crippen LogP) is 5.43. The number of hydrogen-bond acceptors (Lipinski definition) is 4. The fraction of sp³-hybridized carbons (Fsp3) is 0.250. The number of aromatic nitrogens is 1. The maximum absolute atomic E-state index is 14.2. The standard InChI is InChI=1S/C24H22ClF3N2O4/c1-3-9-33-24(32)29-12-16-11-17(26)8-7-15(16)13-34-20-10-14(2)30(23(31)21(20)25)22-18(27)5-4-6-19(22)28/h4-8,10-11H,3,9,12-13H2,1-2H3,(H,29,32). The van der Waals surface area contributed by atoms with Crippen LogP contribution in [0.1, 0.15) is 30.2 Å². The Hall–Kier alpha value is -3.46. The second kappa shape index (κ2) is 11.1. The molecule has 0 spiro atoms. The van der Waals surface area contributed by atoms with Crippen molar-refractivity contribution in [3.8, 4) is 11.4 Å². The average molecular weight is 495 g/mol. The van der Waals surface area contributed by atoms with Gasteiger partial charge < -0.3 is 14.8 Å². The normalized spacial score (nSPS) is 10.8. The number of nitrogens with one attached hydrogen (secondary N) is 1. The molecule has 0 atom stereocenters.